The molecule has 0 spiro atoms. The highest BCUT2D eigenvalue weighted by atomic mass is 32.2. The Hall–Kier alpha value is -2.59. The molecule has 1 aliphatic carbocycles. The standard InChI is InChI=1S/C27H33F3N2O4S/c1-2-16-31-17-7-8-18-32(37(34,35)21-11-9-10-20(19-21)27(28,29)30)23-13-4-6-15-25(23)36-24-14-5-3-12-22(24)26(31)33/h3,5,9-12,14,19,23,25H,2,4,6-8,13,15-18H2,1H3/t23-,25+/m1/s1. The smallest absolute Gasteiger partial charge is 0.416 e. The van der Waals surface area contributed by atoms with Crippen LogP contribution in [-0.4, -0.2) is 55.3 Å². The molecule has 1 fully saturated rings. The molecule has 1 amide bonds. The number of carbonyl (C=O) groups is 1. The summed E-state index contributed by atoms with van der Waals surface area (Å²) in [7, 11) is -4.24. The molecule has 202 valence electrons. The van der Waals surface area contributed by atoms with Crippen LogP contribution in [0.15, 0.2) is 53.4 Å². The molecule has 2 aromatic rings. The van der Waals surface area contributed by atoms with E-state index in [0.29, 0.717) is 56.2 Å². The number of sulfonamides is 1. The normalized spacial score (nSPS) is 22.3. The fourth-order valence-electron chi connectivity index (χ4n) is 5.21. The second-order valence-corrected chi connectivity index (χ2v) is 11.5. The average molecular weight is 539 g/mol. The fourth-order valence-corrected chi connectivity index (χ4v) is 6.98. The zero-order chi connectivity index (χ0) is 26.6. The third kappa shape index (κ3) is 6.12. The maximum atomic E-state index is 13.8. The summed E-state index contributed by atoms with van der Waals surface area (Å²) >= 11 is 0. The number of hydrogen-bond acceptors (Lipinski definition) is 4. The lowest BCUT2D eigenvalue weighted by Crippen LogP contribution is -2.51. The Bertz CT molecular complexity index is 1200. The first-order valence-electron chi connectivity index (χ1n) is 12.9. The van der Waals surface area contributed by atoms with Crippen LogP contribution < -0.4 is 4.74 Å². The average Bonchev–Trinajstić information content (AvgIpc) is 2.87. The molecule has 2 atom stereocenters. The Balaban J connectivity index is 1.75. The first-order valence-corrected chi connectivity index (χ1v) is 14.3. The van der Waals surface area contributed by atoms with E-state index in [1.165, 1.54) is 10.4 Å². The Morgan fingerprint density at radius 1 is 0.973 bits per heavy atom. The Morgan fingerprint density at radius 3 is 2.46 bits per heavy atom. The molecule has 0 N–H and O–H groups in total. The third-order valence-corrected chi connectivity index (χ3v) is 8.96. The van der Waals surface area contributed by atoms with Crippen LogP contribution in [-0.2, 0) is 16.2 Å². The number of alkyl halides is 3. The molecule has 37 heavy (non-hydrogen) atoms. The van der Waals surface area contributed by atoms with E-state index >= 15 is 0 Å². The van der Waals surface area contributed by atoms with Gasteiger partial charge in [-0.05, 0) is 68.9 Å². The Morgan fingerprint density at radius 2 is 1.70 bits per heavy atom. The monoisotopic (exact) mass is 538 g/mol. The molecule has 2 aliphatic rings. The SMILES string of the molecule is CCCN1CCCCN(S(=O)(=O)c2cccc(C(F)(F)F)c2)[C@@H]2CCCC[C@@H]2Oc2ccccc2C1=O. The van der Waals surface area contributed by atoms with Crippen LogP contribution >= 0.6 is 0 Å². The maximum absolute atomic E-state index is 13.8. The van der Waals surface area contributed by atoms with E-state index in [1.807, 2.05) is 6.92 Å². The van der Waals surface area contributed by atoms with Gasteiger partial charge in [0.1, 0.15) is 11.9 Å². The molecule has 6 nitrogen and oxygen atoms in total. The van der Waals surface area contributed by atoms with Gasteiger partial charge in [-0.15, -0.1) is 0 Å². The topological polar surface area (TPSA) is 66.9 Å². The van der Waals surface area contributed by atoms with E-state index in [0.717, 1.165) is 31.4 Å². The van der Waals surface area contributed by atoms with Gasteiger partial charge < -0.3 is 9.64 Å². The van der Waals surface area contributed by atoms with E-state index in [4.69, 9.17) is 4.74 Å². The van der Waals surface area contributed by atoms with Gasteiger partial charge in [-0.1, -0.05) is 31.5 Å². The minimum atomic E-state index is -4.65. The Labute approximate surface area is 216 Å². The van der Waals surface area contributed by atoms with Crippen molar-refractivity contribution in [1.29, 1.82) is 0 Å². The highest BCUT2D eigenvalue weighted by Gasteiger charge is 2.40. The third-order valence-electron chi connectivity index (χ3n) is 7.04. The first kappa shape index (κ1) is 27.4. The minimum Gasteiger partial charge on any atom is -0.488 e. The van der Waals surface area contributed by atoms with Gasteiger partial charge in [-0.2, -0.15) is 17.5 Å². The van der Waals surface area contributed by atoms with Gasteiger partial charge in [0.15, 0.2) is 0 Å². The van der Waals surface area contributed by atoms with Gasteiger partial charge in [0.25, 0.3) is 5.91 Å². The van der Waals surface area contributed by atoms with E-state index in [2.05, 4.69) is 0 Å². The summed E-state index contributed by atoms with van der Waals surface area (Å²) in [6.07, 6.45) is -0.639. The lowest BCUT2D eigenvalue weighted by molar-refractivity contribution is -0.137. The summed E-state index contributed by atoms with van der Waals surface area (Å²) < 4.78 is 75.5. The van der Waals surface area contributed by atoms with Crippen molar-refractivity contribution >= 4 is 15.9 Å². The number of amides is 1. The van der Waals surface area contributed by atoms with Crippen LogP contribution in [0.5, 0.6) is 5.75 Å². The van der Waals surface area contributed by atoms with Crippen LogP contribution in [0.1, 0.15) is 67.8 Å². The number of rotatable bonds is 4. The molecule has 0 saturated heterocycles. The number of carbonyl (C=O) groups excluding carboxylic acids is 1. The predicted molar refractivity (Wildman–Crippen MR) is 134 cm³/mol. The molecule has 0 aromatic heterocycles. The molecule has 1 heterocycles. The molecule has 1 aliphatic heterocycles. The van der Waals surface area contributed by atoms with Crippen LogP contribution in [0, 0.1) is 0 Å². The quantitative estimate of drug-likeness (QED) is 0.499. The number of halogens is 3. The highest BCUT2D eigenvalue weighted by Crippen LogP contribution is 2.35. The van der Waals surface area contributed by atoms with E-state index in [-0.39, 0.29) is 17.3 Å². The molecule has 0 bridgehead atoms. The number of para-hydroxylation sites is 1. The minimum absolute atomic E-state index is 0.112. The summed E-state index contributed by atoms with van der Waals surface area (Å²) in [6, 6.07) is 10.4. The van der Waals surface area contributed by atoms with Crippen molar-refractivity contribution in [2.45, 2.75) is 75.1 Å². The van der Waals surface area contributed by atoms with E-state index < -0.39 is 33.9 Å². The van der Waals surface area contributed by atoms with Crippen molar-refractivity contribution in [3.63, 3.8) is 0 Å². The predicted octanol–water partition coefficient (Wildman–Crippen LogP) is 5.73. The van der Waals surface area contributed by atoms with Gasteiger partial charge in [0.2, 0.25) is 10.0 Å². The molecule has 1 saturated carbocycles. The number of benzene rings is 2. The summed E-state index contributed by atoms with van der Waals surface area (Å²) in [4.78, 5) is 14.8. The fraction of sp³-hybridized carbons (Fsp3) is 0.519. The molecular weight excluding hydrogens is 505 g/mol. The summed E-state index contributed by atoms with van der Waals surface area (Å²) in [6.45, 7) is 3.14. The second-order valence-electron chi connectivity index (χ2n) is 9.64. The van der Waals surface area contributed by atoms with Gasteiger partial charge >= 0.3 is 6.18 Å². The van der Waals surface area contributed by atoms with Gasteiger partial charge in [-0.3, -0.25) is 4.79 Å². The van der Waals surface area contributed by atoms with Crippen molar-refractivity contribution in [2.24, 2.45) is 0 Å². The van der Waals surface area contributed by atoms with E-state index in [1.54, 1.807) is 29.2 Å². The van der Waals surface area contributed by atoms with Crippen molar-refractivity contribution in [1.82, 2.24) is 9.21 Å². The number of fused-ring (bicyclic) bond motifs is 2. The van der Waals surface area contributed by atoms with Gasteiger partial charge in [0.05, 0.1) is 22.1 Å². The van der Waals surface area contributed by atoms with Crippen LogP contribution in [0.2, 0.25) is 0 Å². The van der Waals surface area contributed by atoms with Crippen molar-refractivity contribution in [3.05, 3.63) is 59.7 Å². The maximum Gasteiger partial charge on any atom is 0.416 e. The van der Waals surface area contributed by atoms with Crippen molar-refractivity contribution in [2.75, 3.05) is 19.6 Å². The lowest BCUT2D eigenvalue weighted by Gasteiger charge is -2.40. The lowest BCUT2D eigenvalue weighted by atomic mass is 9.92. The molecule has 0 radical (unpaired) electrons. The van der Waals surface area contributed by atoms with Crippen molar-refractivity contribution in [3.8, 4) is 5.75 Å². The molecule has 0 unspecified atom stereocenters. The molecule has 4 rings (SSSR count). The summed E-state index contributed by atoms with van der Waals surface area (Å²) in [5.41, 5.74) is -0.560. The molecule has 10 heteroatoms. The van der Waals surface area contributed by atoms with Crippen LogP contribution in [0.4, 0.5) is 13.2 Å². The first-order chi connectivity index (χ1) is 17.6. The summed E-state index contributed by atoms with van der Waals surface area (Å²) in [5.74, 6) is 0.293. The van der Waals surface area contributed by atoms with Gasteiger partial charge in [0, 0.05) is 19.6 Å². The second kappa shape index (κ2) is 11.4. The number of ether oxygens (including phenoxy) is 1. The largest absolute Gasteiger partial charge is 0.488 e. The van der Waals surface area contributed by atoms with E-state index in [9.17, 15) is 26.4 Å². The number of hydrogen-bond donors (Lipinski definition) is 0. The molecular formula is C27H33F3N2O4S. The highest BCUT2D eigenvalue weighted by molar-refractivity contribution is 7.89. The van der Waals surface area contributed by atoms with Gasteiger partial charge in [-0.25, -0.2) is 8.42 Å². The molecule has 2 aromatic carbocycles. The zero-order valence-electron chi connectivity index (χ0n) is 20.9. The number of nitrogens with zero attached hydrogens (tertiary/aromatic N) is 2. The van der Waals surface area contributed by atoms with Crippen LogP contribution in [0.3, 0.4) is 0 Å². The van der Waals surface area contributed by atoms with Crippen LogP contribution in [0.25, 0.3) is 0 Å². The summed E-state index contributed by atoms with van der Waals surface area (Å²) in [5, 5.41) is 0. The Kier molecular flexibility index (Phi) is 8.48. The zero-order valence-corrected chi connectivity index (χ0v) is 21.7. The van der Waals surface area contributed by atoms with Crippen molar-refractivity contribution < 1.29 is 31.1 Å².